The van der Waals surface area contributed by atoms with E-state index in [2.05, 4.69) is 63.3 Å². The molecule has 0 aliphatic carbocycles. The van der Waals surface area contributed by atoms with Gasteiger partial charge in [0.2, 0.25) is 0 Å². The third-order valence-corrected chi connectivity index (χ3v) is 3.09. The van der Waals surface area contributed by atoms with Crippen molar-refractivity contribution in [2.45, 2.75) is 33.7 Å². The van der Waals surface area contributed by atoms with Gasteiger partial charge in [-0.3, -0.25) is 0 Å². The number of nitrogens with zero attached hydrogens (tertiary/aromatic N) is 1. The average molecular weight is 278 g/mol. The molecule has 1 aromatic carbocycles. The van der Waals surface area contributed by atoms with E-state index in [9.17, 15) is 0 Å². The molecule has 0 atom stereocenters. The number of rotatable bonds is 9. The number of hydrogen-bond donors (Lipinski definition) is 1. The fourth-order valence-electron chi connectivity index (χ4n) is 2.05. The molecule has 0 radical (unpaired) electrons. The van der Waals surface area contributed by atoms with E-state index in [1.807, 2.05) is 0 Å². The third-order valence-electron chi connectivity index (χ3n) is 3.09. The van der Waals surface area contributed by atoms with Crippen LogP contribution >= 0.6 is 0 Å². The summed E-state index contributed by atoms with van der Waals surface area (Å²) >= 11 is 0. The second kappa shape index (κ2) is 8.98. The van der Waals surface area contributed by atoms with Crippen molar-refractivity contribution in [3.05, 3.63) is 29.3 Å². The van der Waals surface area contributed by atoms with Crippen LogP contribution in [0.5, 0.6) is 5.75 Å². The van der Waals surface area contributed by atoms with Crippen LogP contribution in [0.15, 0.2) is 18.2 Å². The molecule has 0 saturated heterocycles. The Morgan fingerprint density at radius 3 is 2.65 bits per heavy atom. The van der Waals surface area contributed by atoms with E-state index in [1.54, 1.807) is 0 Å². The predicted molar refractivity (Wildman–Crippen MR) is 86.4 cm³/mol. The molecular formula is C17H30N2O. The van der Waals surface area contributed by atoms with E-state index in [-0.39, 0.29) is 0 Å². The van der Waals surface area contributed by atoms with Crippen molar-refractivity contribution in [2.75, 3.05) is 33.8 Å². The molecule has 114 valence electrons. The van der Waals surface area contributed by atoms with Gasteiger partial charge in [0.25, 0.3) is 0 Å². The van der Waals surface area contributed by atoms with Gasteiger partial charge in [0.1, 0.15) is 5.75 Å². The SMILES string of the molecule is Cc1ccc(OCCCN(C)C)c(CNCC(C)C)c1. The van der Waals surface area contributed by atoms with Crippen LogP contribution in [0.3, 0.4) is 0 Å². The Kier molecular flexibility index (Phi) is 7.63. The van der Waals surface area contributed by atoms with E-state index in [1.165, 1.54) is 11.1 Å². The molecule has 1 N–H and O–H groups in total. The summed E-state index contributed by atoms with van der Waals surface area (Å²) in [5.74, 6) is 1.69. The predicted octanol–water partition coefficient (Wildman–Crippen LogP) is 3.07. The zero-order valence-corrected chi connectivity index (χ0v) is 13.7. The Labute approximate surface area is 124 Å². The van der Waals surface area contributed by atoms with Crippen molar-refractivity contribution in [3.63, 3.8) is 0 Å². The van der Waals surface area contributed by atoms with E-state index < -0.39 is 0 Å². The first-order chi connectivity index (χ1) is 9.49. The topological polar surface area (TPSA) is 24.5 Å². The van der Waals surface area contributed by atoms with Gasteiger partial charge in [-0.25, -0.2) is 0 Å². The molecule has 0 heterocycles. The number of hydrogen-bond acceptors (Lipinski definition) is 3. The van der Waals surface area contributed by atoms with Crippen LogP contribution in [0.4, 0.5) is 0 Å². The maximum Gasteiger partial charge on any atom is 0.123 e. The molecule has 0 bridgehead atoms. The average Bonchev–Trinajstić information content (AvgIpc) is 2.36. The van der Waals surface area contributed by atoms with Crippen LogP contribution in [0.1, 0.15) is 31.4 Å². The monoisotopic (exact) mass is 278 g/mol. The first kappa shape index (κ1) is 17.0. The van der Waals surface area contributed by atoms with Gasteiger partial charge in [0, 0.05) is 18.7 Å². The van der Waals surface area contributed by atoms with Gasteiger partial charge < -0.3 is 15.0 Å². The smallest absolute Gasteiger partial charge is 0.123 e. The summed E-state index contributed by atoms with van der Waals surface area (Å²) in [4.78, 5) is 2.18. The highest BCUT2D eigenvalue weighted by Crippen LogP contribution is 2.20. The van der Waals surface area contributed by atoms with E-state index in [4.69, 9.17) is 4.74 Å². The molecule has 1 rings (SSSR count). The highest BCUT2D eigenvalue weighted by molar-refractivity contribution is 5.36. The van der Waals surface area contributed by atoms with Crippen LogP contribution in [0.25, 0.3) is 0 Å². The molecule has 3 heteroatoms. The van der Waals surface area contributed by atoms with Crippen molar-refractivity contribution in [1.29, 1.82) is 0 Å². The Morgan fingerprint density at radius 1 is 1.25 bits per heavy atom. The quantitative estimate of drug-likeness (QED) is 0.703. The number of nitrogens with one attached hydrogen (secondary N) is 1. The van der Waals surface area contributed by atoms with Gasteiger partial charge in [0.15, 0.2) is 0 Å². The Morgan fingerprint density at radius 2 is 2.00 bits per heavy atom. The Hall–Kier alpha value is -1.06. The molecule has 0 aliphatic rings. The molecule has 0 aromatic heterocycles. The maximum atomic E-state index is 5.93. The molecular weight excluding hydrogens is 248 g/mol. The van der Waals surface area contributed by atoms with E-state index >= 15 is 0 Å². The summed E-state index contributed by atoms with van der Waals surface area (Å²) in [6, 6.07) is 6.43. The van der Waals surface area contributed by atoms with E-state index in [0.717, 1.165) is 38.4 Å². The molecule has 0 amide bonds. The lowest BCUT2D eigenvalue weighted by Crippen LogP contribution is -2.20. The minimum absolute atomic E-state index is 0.671. The van der Waals surface area contributed by atoms with Gasteiger partial charge in [-0.1, -0.05) is 31.5 Å². The van der Waals surface area contributed by atoms with E-state index in [0.29, 0.717) is 5.92 Å². The van der Waals surface area contributed by atoms with Crippen LogP contribution in [0.2, 0.25) is 0 Å². The van der Waals surface area contributed by atoms with Crippen molar-refractivity contribution < 1.29 is 4.74 Å². The lowest BCUT2D eigenvalue weighted by molar-refractivity contribution is 0.279. The van der Waals surface area contributed by atoms with Gasteiger partial charge >= 0.3 is 0 Å². The molecule has 0 aliphatic heterocycles. The summed E-state index contributed by atoms with van der Waals surface area (Å²) in [6.07, 6.45) is 1.06. The zero-order valence-electron chi connectivity index (χ0n) is 13.7. The second-order valence-electron chi connectivity index (χ2n) is 6.14. The van der Waals surface area contributed by atoms with Crippen molar-refractivity contribution in [1.82, 2.24) is 10.2 Å². The largest absolute Gasteiger partial charge is 0.493 e. The van der Waals surface area contributed by atoms with Crippen molar-refractivity contribution >= 4 is 0 Å². The minimum Gasteiger partial charge on any atom is -0.493 e. The van der Waals surface area contributed by atoms with Crippen molar-refractivity contribution in [2.24, 2.45) is 5.92 Å². The summed E-state index contributed by atoms with van der Waals surface area (Å²) < 4.78 is 5.93. The Bertz CT molecular complexity index is 389. The molecule has 1 aromatic rings. The first-order valence-electron chi connectivity index (χ1n) is 7.57. The van der Waals surface area contributed by atoms with Crippen LogP contribution in [0, 0.1) is 12.8 Å². The van der Waals surface area contributed by atoms with Crippen molar-refractivity contribution in [3.8, 4) is 5.75 Å². The van der Waals surface area contributed by atoms with Crippen LogP contribution < -0.4 is 10.1 Å². The second-order valence-corrected chi connectivity index (χ2v) is 6.14. The van der Waals surface area contributed by atoms with Crippen LogP contribution in [-0.4, -0.2) is 38.7 Å². The highest BCUT2D eigenvalue weighted by atomic mass is 16.5. The fourth-order valence-corrected chi connectivity index (χ4v) is 2.05. The van der Waals surface area contributed by atoms with Gasteiger partial charge in [-0.05, 0) is 46.0 Å². The van der Waals surface area contributed by atoms with Gasteiger partial charge in [-0.2, -0.15) is 0 Å². The summed E-state index contributed by atoms with van der Waals surface area (Å²) in [5.41, 5.74) is 2.54. The molecule has 0 fully saturated rings. The van der Waals surface area contributed by atoms with Gasteiger partial charge in [0.05, 0.1) is 6.61 Å². The van der Waals surface area contributed by atoms with Gasteiger partial charge in [-0.15, -0.1) is 0 Å². The fraction of sp³-hybridized carbons (Fsp3) is 0.647. The Balaban J connectivity index is 2.51. The molecule has 3 nitrogen and oxygen atoms in total. The maximum absolute atomic E-state index is 5.93. The lowest BCUT2D eigenvalue weighted by atomic mass is 10.1. The highest BCUT2D eigenvalue weighted by Gasteiger charge is 2.05. The summed E-state index contributed by atoms with van der Waals surface area (Å²) in [7, 11) is 4.18. The first-order valence-corrected chi connectivity index (χ1v) is 7.57. The molecule has 20 heavy (non-hydrogen) atoms. The number of ether oxygens (including phenoxy) is 1. The minimum atomic E-state index is 0.671. The standard InChI is InChI=1S/C17H30N2O/c1-14(2)12-18-13-16-11-15(3)7-8-17(16)20-10-6-9-19(4)5/h7-8,11,14,18H,6,9-10,12-13H2,1-5H3. The van der Waals surface area contributed by atoms with Crippen LogP contribution in [-0.2, 0) is 6.54 Å². The summed E-state index contributed by atoms with van der Waals surface area (Å²) in [5, 5.41) is 3.49. The molecule has 0 unspecified atom stereocenters. The summed E-state index contributed by atoms with van der Waals surface area (Å²) in [6.45, 7) is 10.3. The number of benzene rings is 1. The molecule has 0 saturated carbocycles. The number of aryl methyl sites for hydroxylation is 1. The zero-order chi connectivity index (χ0) is 15.0. The lowest BCUT2D eigenvalue weighted by Gasteiger charge is -2.15. The normalized spacial score (nSPS) is 11.3. The molecule has 0 spiro atoms. The third kappa shape index (κ3) is 6.92.